The molecule has 0 atom stereocenters. The van der Waals surface area contributed by atoms with Crippen molar-refractivity contribution in [2.75, 3.05) is 12.9 Å². The summed E-state index contributed by atoms with van der Waals surface area (Å²) in [6.45, 7) is 2.58. The summed E-state index contributed by atoms with van der Waals surface area (Å²) in [5.74, 6) is 0.832. The van der Waals surface area contributed by atoms with Gasteiger partial charge in [0.05, 0.1) is 11.5 Å². The fraction of sp³-hybridized carbons (Fsp3) is 0.200. The summed E-state index contributed by atoms with van der Waals surface area (Å²) in [4.78, 5) is 0.335. The molecule has 0 heterocycles. The molecule has 0 fully saturated rings. The van der Waals surface area contributed by atoms with E-state index in [-0.39, 0.29) is 0 Å². The van der Waals surface area contributed by atoms with Crippen molar-refractivity contribution in [1.82, 2.24) is 0 Å². The van der Waals surface area contributed by atoms with Crippen molar-refractivity contribution in [2.45, 2.75) is 11.8 Å². The minimum absolute atomic E-state index is 0.335. The van der Waals surface area contributed by atoms with Crippen LogP contribution in [0.5, 0.6) is 5.75 Å². The van der Waals surface area contributed by atoms with Crippen LogP contribution in [0.3, 0.4) is 0 Å². The average molecular weight is 276 g/mol. The summed E-state index contributed by atoms with van der Waals surface area (Å²) in [5, 5.41) is 0. The lowest BCUT2D eigenvalue weighted by Crippen LogP contribution is -1.96. The van der Waals surface area contributed by atoms with Crippen LogP contribution in [0.4, 0.5) is 0 Å². The predicted molar refractivity (Wildman–Crippen MR) is 76.2 cm³/mol. The van der Waals surface area contributed by atoms with Gasteiger partial charge in [-0.15, -0.1) is 0 Å². The first kappa shape index (κ1) is 13.6. The van der Waals surface area contributed by atoms with Crippen LogP contribution in [0.1, 0.15) is 6.92 Å². The Balaban J connectivity index is 2.27. The van der Waals surface area contributed by atoms with Crippen molar-refractivity contribution in [1.29, 1.82) is 0 Å². The van der Waals surface area contributed by atoms with E-state index in [1.165, 1.54) is 6.26 Å². The van der Waals surface area contributed by atoms with Crippen molar-refractivity contribution in [3.8, 4) is 16.9 Å². The summed E-state index contributed by atoms with van der Waals surface area (Å²) >= 11 is 0. The van der Waals surface area contributed by atoms with Gasteiger partial charge in [0.2, 0.25) is 0 Å². The highest BCUT2D eigenvalue weighted by atomic mass is 32.2. The number of hydrogen-bond donors (Lipinski definition) is 0. The van der Waals surface area contributed by atoms with Gasteiger partial charge in [0.25, 0.3) is 0 Å². The van der Waals surface area contributed by atoms with Crippen molar-refractivity contribution >= 4 is 9.84 Å². The van der Waals surface area contributed by atoms with Crippen LogP contribution in [-0.4, -0.2) is 21.3 Å². The molecular weight excluding hydrogens is 260 g/mol. The normalized spacial score (nSPS) is 11.3. The quantitative estimate of drug-likeness (QED) is 0.861. The summed E-state index contributed by atoms with van der Waals surface area (Å²) < 4.78 is 28.1. The van der Waals surface area contributed by atoms with E-state index in [0.717, 1.165) is 16.9 Å². The second-order valence-corrected chi connectivity index (χ2v) is 6.27. The molecule has 0 bridgehead atoms. The van der Waals surface area contributed by atoms with Gasteiger partial charge in [0.1, 0.15) is 5.75 Å². The summed E-state index contributed by atoms with van der Waals surface area (Å²) in [5.41, 5.74) is 2.01. The Hall–Kier alpha value is -1.81. The Kier molecular flexibility index (Phi) is 3.90. The van der Waals surface area contributed by atoms with Gasteiger partial charge in [-0.05, 0) is 42.3 Å². The number of hydrogen-bond acceptors (Lipinski definition) is 3. The Bertz CT molecular complexity index is 641. The smallest absolute Gasteiger partial charge is 0.175 e. The molecule has 0 amide bonds. The minimum Gasteiger partial charge on any atom is -0.494 e. The molecule has 2 rings (SSSR count). The molecule has 0 radical (unpaired) electrons. The first-order valence-electron chi connectivity index (χ1n) is 6.04. The minimum atomic E-state index is -3.14. The van der Waals surface area contributed by atoms with Gasteiger partial charge >= 0.3 is 0 Å². The van der Waals surface area contributed by atoms with Crippen molar-refractivity contribution < 1.29 is 13.2 Å². The molecule has 0 aliphatic heterocycles. The zero-order chi connectivity index (χ0) is 13.9. The fourth-order valence-corrected chi connectivity index (χ4v) is 2.44. The Morgan fingerprint density at radius 2 is 1.37 bits per heavy atom. The molecule has 0 aromatic heterocycles. The van der Waals surface area contributed by atoms with E-state index in [4.69, 9.17) is 4.74 Å². The van der Waals surface area contributed by atoms with E-state index in [1.807, 2.05) is 43.3 Å². The number of sulfone groups is 1. The van der Waals surface area contributed by atoms with E-state index in [0.29, 0.717) is 11.5 Å². The molecule has 0 saturated carbocycles. The lowest BCUT2D eigenvalue weighted by atomic mass is 10.1. The lowest BCUT2D eigenvalue weighted by Gasteiger charge is -2.06. The molecule has 3 nitrogen and oxygen atoms in total. The molecule has 2 aromatic rings. The van der Waals surface area contributed by atoms with Crippen molar-refractivity contribution in [3.05, 3.63) is 48.5 Å². The summed E-state index contributed by atoms with van der Waals surface area (Å²) in [6, 6.07) is 14.6. The van der Waals surface area contributed by atoms with Gasteiger partial charge in [-0.2, -0.15) is 0 Å². The van der Waals surface area contributed by atoms with Crippen LogP contribution >= 0.6 is 0 Å². The third-order valence-corrected chi connectivity index (χ3v) is 3.91. The molecule has 0 saturated heterocycles. The molecule has 4 heteroatoms. The Morgan fingerprint density at radius 1 is 0.895 bits per heavy atom. The maximum absolute atomic E-state index is 11.4. The third kappa shape index (κ3) is 3.35. The molecule has 0 spiro atoms. The zero-order valence-electron chi connectivity index (χ0n) is 11.0. The largest absolute Gasteiger partial charge is 0.494 e. The van der Waals surface area contributed by atoms with Crippen LogP contribution in [0.2, 0.25) is 0 Å². The average Bonchev–Trinajstić information content (AvgIpc) is 2.39. The Morgan fingerprint density at radius 3 is 1.79 bits per heavy atom. The summed E-state index contributed by atoms with van der Waals surface area (Å²) in [7, 11) is -3.14. The van der Waals surface area contributed by atoms with Gasteiger partial charge < -0.3 is 4.74 Å². The molecule has 19 heavy (non-hydrogen) atoms. The van der Waals surface area contributed by atoms with Crippen LogP contribution < -0.4 is 4.74 Å². The zero-order valence-corrected chi connectivity index (χ0v) is 11.8. The highest BCUT2D eigenvalue weighted by Crippen LogP contribution is 2.23. The SMILES string of the molecule is CCOc1ccc(-c2ccc(S(C)(=O)=O)cc2)cc1. The monoisotopic (exact) mass is 276 g/mol. The van der Waals surface area contributed by atoms with Crippen LogP contribution in [0.25, 0.3) is 11.1 Å². The highest BCUT2D eigenvalue weighted by molar-refractivity contribution is 7.90. The maximum Gasteiger partial charge on any atom is 0.175 e. The molecule has 100 valence electrons. The van der Waals surface area contributed by atoms with Gasteiger partial charge in [-0.1, -0.05) is 24.3 Å². The van der Waals surface area contributed by atoms with E-state index < -0.39 is 9.84 Å². The molecular formula is C15H16O3S. The van der Waals surface area contributed by atoms with E-state index >= 15 is 0 Å². The highest BCUT2D eigenvalue weighted by Gasteiger charge is 2.06. The topological polar surface area (TPSA) is 43.4 Å². The molecule has 0 aliphatic rings. The molecule has 0 aliphatic carbocycles. The second kappa shape index (κ2) is 5.45. The van der Waals surface area contributed by atoms with Crippen molar-refractivity contribution in [2.24, 2.45) is 0 Å². The summed E-state index contributed by atoms with van der Waals surface area (Å²) in [6.07, 6.45) is 1.21. The first-order valence-corrected chi connectivity index (χ1v) is 7.93. The number of rotatable bonds is 4. The van der Waals surface area contributed by atoms with Crippen LogP contribution in [0.15, 0.2) is 53.4 Å². The molecule has 2 aromatic carbocycles. The third-order valence-electron chi connectivity index (χ3n) is 2.78. The predicted octanol–water partition coefficient (Wildman–Crippen LogP) is 3.16. The first-order chi connectivity index (χ1) is 9.00. The van der Waals surface area contributed by atoms with Crippen LogP contribution in [0, 0.1) is 0 Å². The fourth-order valence-electron chi connectivity index (χ4n) is 1.80. The standard InChI is InChI=1S/C15H16O3S/c1-3-18-14-8-4-12(5-9-14)13-6-10-15(11-7-13)19(2,16)17/h4-11H,3H2,1-2H3. The van der Waals surface area contributed by atoms with Gasteiger partial charge in [-0.3, -0.25) is 0 Å². The van der Waals surface area contributed by atoms with Gasteiger partial charge in [0, 0.05) is 6.26 Å². The number of ether oxygens (including phenoxy) is 1. The molecule has 0 N–H and O–H groups in total. The van der Waals surface area contributed by atoms with E-state index in [9.17, 15) is 8.42 Å². The van der Waals surface area contributed by atoms with Crippen LogP contribution in [-0.2, 0) is 9.84 Å². The lowest BCUT2D eigenvalue weighted by molar-refractivity contribution is 0.340. The van der Waals surface area contributed by atoms with Crippen molar-refractivity contribution in [3.63, 3.8) is 0 Å². The van der Waals surface area contributed by atoms with E-state index in [1.54, 1.807) is 12.1 Å². The van der Waals surface area contributed by atoms with Gasteiger partial charge in [0.15, 0.2) is 9.84 Å². The maximum atomic E-state index is 11.4. The van der Waals surface area contributed by atoms with Gasteiger partial charge in [-0.25, -0.2) is 8.42 Å². The van der Waals surface area contributed by atoms with E-state index in [2.05, 4.69) is 0 Å². The second-order valence-electron chi connectivity index (χ2n) is 4.25. The molecule has 0 unspecified atom stereocenters. The Labute approximate surface area is 113 Å². The number of benzene rings is 2.